The van der Waals surface area contributed by atoms with Gasteiger partial charge in [-0.1, -0.05) is 19.1 Å². The second-order valence-corrected chi connectivity index (χ2v) is 6.99. The van der Waals surface area contributed by atoms with Gasteiger partial charge in [-0.3, -0.25) is 9.36 Å². The van der Waals surface area contributed by atoms with Crippen molar-refractivity contribution in [3.05, 3.63) is 36.0 Å². The molecule has 9 heteroatoms. The van der Waals surface area contributed by atoms with Gasteiger partial charge in [-0.15, -0.1) is 0 Å². The number of aromatic nitrogens is 3. The van der Waals surface area contributed by atoms with Crippen LogP contribution in [-0.2, 0) is 16.8 Å². The number of nitrogens with two attached hydrogens (primary N) is 1. The van der Waals surface area contributed by atoms with Gasteiger partial charge in [-0.05, 0) is 25.0 Å². The number of thiocarbonyl (C=S) groups is 1. The van der Waals surface area contributed by atoms with Crippen LogP contribution in [0.25, 0.3) is 5.82 Å². The maximum atomic E-state index is 12.5. The first-order chi connectivity index (χ1) is 13.1. The van der Waals surface area contributed by atoms with Crippen molar-refractivity contribution in [3.8, 4) is 5.82 Å². The highest BCUT2D eigenvalue weighted by Gasteiger charge is 2.44. The average molecular weight is 383 g/mol. The Bertz CT molecular complexity index is 928. The van der Waals surface area contributed by atoms with Gasteiger partial charge < -0.3 is 16.1 Å². The Hall–Kier alpha value is -2.81. The van der Waals surface area contributed by atoms with Crippen LogP contribution in [0.5, 0.6) is 0 Å². The van der Waals surface area contributed by atoms with Gasteiger partial charge in [-0.25, -0.2) is 9.97 Å². The number of hydrazone groups is 1. The van der Waals surface area contributed by atoms with Gasteiger partial charge in [0.25, 0.3) is 5.91 Å². The fraction of sp³-hybridized carbons (Fsp3) is 0.389. The smallest absolute Gasteiger partial charge is 0.275 e. The molecule has 0 aromatic carbocycles. The summed E-state index contributed by atoms with van der Waals surface area (Å²) in [6.07, 6.45) is 6.04. The standard InChI is InChI=1S/C18H21N7OS/c1-2-15-21-10-14-18(22-12-4-3-7-20-16(12)25(14)15)5-8-24(9-6-18)17(26)13(11-27)23-19/h3-4,7,10-11,22H,2,5-6,8-9,19H2,1H3/b23-13+. The van der Waals surface area contributed by atoms with Crippen LogP contribution in [0.2, 0.25) is 0 Å². The van der Waals surface area contributed by atoms with Crippen molar-refractivity contribution in [1.82, 2.24) is 19.4 Å². The number of nitrogens with zero attached hydrogens (tertiary/aromatic N) is 5. The molecule has 1 fully saturated rings. The van der Waals surface area contributed by atoms with E-state index in [2.05, 4.69) is 31.9 Å². The van der Waals surface area contributed by atoms with E-state index in [1.807, 2.05) is 18.3 Å². The summed E-state index contributed by atoms with van der Waals surface area (Å²) in [6.45, 7) is 3.25. The molecule has 27 heavy (non-hydrogen) atoms. The number of likely N-dealkylation sites (tertiary alicyclic amines) is 1. The highest BCUT2D eigenvalue weighted by molar-refractivity contribution is 7.80. The Labute approximate surface area is 162 Å². The summed E-state index contributed by atoms with van der Waals surface area (Å²) in [5.41, 5.74) is 1.91. The van der Waals surface area contributed by atoms with Crippen LogP contribution in [0, 0.1) is 0 Å². The number of rotatable bonds is 3. The molecule has 4 heterocycles. The van der Waals surface area contributed by atoms with Gasteiger partial charge in [0.15, 0.2) is 11.5 Å². The Balaban J connectivity index is 1.67. The number of fused-ring (bicyclic) bond motifs is 4. The summed E-state index contributed by atoms with van der Waals surface area (Å²) < 4.78 is 2.16. The van der Waals surface area contributed by atoms with Crippen LogP contribution in [0.15, 0.2) is 29.6 Å². The molecular formula is C18H21N7OS. The van der Waals surface area contributed by atoms with E-state index in [1.54, 1.807) is 11.1 Å². The van der Waals surface area contributed by atoms with Crippen molar-refractivity contribution < 1.29 is 4.79 Å². The summed E-state index contributed by atoms with van der Waals surface area (Å²) in [5, 5.41) is 8.40. The third-order valence-electron chi connectivity index (χ3n) is 5.39. The van der Waals surface area contributed by atoms with Gasteiger partial charge in [0.2, 0.25) is 0 Å². The molecule has 1 spiro atoms. The number of pyridine rings is 1. The number of hydrogen-bond donors (Lipinski definition) is 2. The summed E-state index contributed by atoms with van der Waals surface area (Å²) in [6, 6.07) is 3.96. The number of anilines is 1. The maximum absolute atomic E-state index is 12.5. The van der Waals surface area contributed by atoms with E-state index in [-0.39, 0.29) is 17.2 Å². The van der Waals surface area contributed by atoms with Gasteiger partial charge in [0.1, 0.15) is 5.82 Å². The molecule has 1 amide bonds. The zero-order valence-corrected chi connectivity index (χ0v) is 15.9. The van der Waals surface area contributed by atoms with Gasteiger partial charge in [-0.2, -0.15) is 5.10 Å². The largest absolute Gasteiger partial charge is 0.371 e. The zero-order chi connectivity index (χ0) is 19.0. The van der Waals surface area contributed by atoms with Crippen LogP contribution >= 0.6 is 12.2 Å². The second-order valence-electron chi connectivity index (χ2n) is 6.75. The molecule has 3 N–H and O–H groups in total. The highest BCUT2D eigenvalue weighted by atomic mass is 32.1. The van der Waals surface area contributed by atoms with Crippen LogP contribution < -0.4 is 11.2 Å². The number of imidazole rings is 1. The molecule has 4 rings (SSSR count). The molecule has 2 aliphatic rings. The summed E-state index contributed by atoms with van der Waals surface area (Å²) in [5.74, 6) is 6.92. The number of piperidine rings is 1. The van der Waals surface area contributed by atoms with E-state index in [0.717, 1.165) is 42.3 Å². The molecule has 0 atom stereocenters. The Morgan fingerprint density at radius 2 is 2.22 bits per heavy atom. The molecule has 1 saturated heterocycles. The number of hydrogen-bond acceptors (Lipinski definition) is 7. The predicted octanol–water partition coefficient (Wildman–Crippen LogP) is 1.39. The zero-order valence-electron chi connectivity index (χ0n) is 15.1. The molecule has 8 nitrogen and oxygen atoms in total. The number of carbonyl (C=O) groups excluding carboxylic acids is 1. The molecule has 2 aliphatic heterocycles. The average Bonchev–Trinajstić information content (AvgIpc) is 3.15. The van der Waals surface area contributed by atoms with E-state index >= 15 is 0 Å². The Morgan fingerprint density at radius 3 is 2.89 bits per heavy atom. The van der Waals surface area contributed by atoms with Crippen LogP contribution in [0.4, 0.5) is 5.69 Å². The molecule has 0 aliphatic carbocycles. The molecule has 0 radical (unpaired) electrons. The van der Waals surface area contributed by atoms with Crippen molar-refractivity contribution in [2.45, 2.75) is 31.7 Å². The molecule has 0 unspecified atom stereocenters. The topological polar surface area (TPSA) is 101 Å². The molecule has 2 aromatic heterocycles. The molecule has 2 aromatic rings. The lowest BCUT2D eigenvalue weighted by Gasteiger charge is -2.45. The minimum absolute atomic E-state index is 0.116. The monoisotopic (exact) mass is 383 g/mol. The van der Waals surface area contributed by atoms with E-state index in [4.69, 9.17) is 18.1 Å². The number of carbonyl (C=O) groups is 1. The van der Waals surface area contributed by atoms with Crippen LogP contribution in [-0.4, -0.2) is 49.5 Å². The van der Waals surface area contributed by atoms with E-state index < -0.39 is 0 Å². The van der Waals surface area contributed by atoms with E-state index in [1.165, 1.54) is 5.37 Å². The lowest BCUT2D eigenvalue weighted by Crippen LogP contribution is -2.52. The second kappa shape index (κ2) is 6.73. The van der Waals surface area contributed by atoms with Crippen molar-refractivity contribution in [2.75, 3.05) is 18.4 Å². The van der Waals surface area contributed by atoms with E-state index in [9.17, 15) is 4.79 Å². The van der Waals surface area contributed by atoms with Crippen LogP contribution in [0.1, 0.15) is 31.3 Å². The lowest BCUT2D eigenvalue weighted by atomic mass is 9.82. The first kappa shape index (κ1) is 17.6. The van der Waals surface area contributed by atoms with Crippen molar-refractivity contribution in [3.63, 3.8) is 0 Å². The highest BCUT2D eigenvalue weighted by Crippen LogP contribution is 2.43. The number of aryl methyl sites for hydroxylation is 1. The number of nitrogens with one attached hydrogen (secondary N) is 1. The minimum atomic E-state index is -0.287. The Kier molecular flexibility index (Phi) is 4.39. The van der Waals surface area contributed by atoms with Gasteiger partial charge in [0, 0.05) is 31.1 Å². The van der Waals surface area contributed by atoms with Gasteiger partial charge in [0.05, 0.1) is 23.1 Å². The quantitative estimate of drug-likeness (QED) is 0.359. The molecular weight excluding hydrogens is 362 g/mol. The lowest BCUT2D eigenvalue weighted by molar-refractivity contribution is -0.125. The fourth-order valence-electron chi connectivity index (χ4n) is 3.98. The first-order valence-electron chi connectivity index (χ1n) is 8.96. The number of amides is 1. The third kappa shape index (κ3) is 2.69. The van der Waals surface area contributed by atoms with Crippen molar-refractivity contribution in [2.24, 2.45) is 10.9 Å². The summed E-state index contributed by atoms with van der Waals surface area (Å²) >= 11 is 4.83. The molecule has 0 saturated carbocycles. The first-order valence-corrected chi connectivity index (χ1v) is 9.43. The molecule has 0 bridgehead atoms. The summed E-state index contributed by atoms with van der Waals surface area (Å²) in [7, 11) is 0. The molecule has 140 valence electrons. The maximum Gasteiger partial charge on any atom is 0.275 e. The normalized spacial score (nSPS) is 17.8. The van der Waals surface area contributed by atoms with Crippen molar-refractivity contribution in [1.29, 1.82) is 0 Å². The minimum Gasteiger partial charge on any atom is -0.371 e. The summed E-state index contributed by atoms with van der Waals surface area (Å²) in [4.78, 5) is 23.4. The fourth-order valence-corrected chi connectivity index (χ4v) is 4.14. The van der Waals surface area contributed by atoms with Crippen LogP contribution in [0.3, 0.4) is 0 Å². The van der Waals surface area contributed by atoms with Gasteiger partial charge >= 0.3 is 0 Å². The van der Waals surface area contributed by atoms with E-state index in [0.29, 0.717) is 13.1 Å². The predicted molar refractivity (Wildman–Crippen MR) is 107 cm³/mol. The van der Waals surface area contributed by atoms with Crippen molar-refractivity contribution >= 4 is 34.9 Å². The Morgan fingerprint density at radius 1 is 1.44 bits per heavy atom. The third-order valence-corrected chi connectivity index (χ3v) is 5.61. The SMILES string of the molecule is CCc1ncc2n1-c1ncccc1NC21CCN(C(=O)/C(C=S)=N/N)CC1.